The molecule has 0 saturated heterocycles. The summed E-state index contributed by atoms with van der Waals surface area (Å²) in [6.45, 7) is 3.31. The van der Waals surface area contributed by atoms with Crippen molar-refractivity contribution in [2.45, 2.75) is 25.9 Å². The normalized spacial score (nSPS) is 11.3. The molecule has 25 heavy (non-hydrogen) atoms. The highest BCUT2D eigenvalue weighted by molar-refractivity contribution is 7.80. The van der Waals surface area contributed by atoms with Crippen LogP contribution in [-0.4, -0.2) is 16.0 Å². The highest BCUT2D eigenvalue weighted by Crippen LogP contribution is 2.35. The molecule has 0 atom stereocenters. The molecule has 0 aliphatic rings. The minimum Gasteiger partial charge on any atom is -0.317 e. The first-order valence-electron chi connectivity index (χ1n) is 7.43. The largest absolute Gasteiger partial charge is 0.416 e. The molecule has 8 heteroatoms. The third-order valence-electron chi connectivity index (χ3n) is 3.37. The van der Waals surface area contributed by atoms with Crippen molar-refractivity contribution in [2.75, 3.05) is 5.32 Å². The van der Waals surface area contributed by atoms with Crippen molar-refractivity contribution in [1.82, 2.24) is 10.3 Å². The van der Waals surface area contributed by atoms with E-state index in [0.29, 0.717) is 5.56 Å². The zero-order valence-corrected chi connectivity index (χ0v) is 14.3. The third kappa shape index (κ3) is 4.99. The summed E-state index contributed by atoms with van der Waals surface area (Å²) in [6.07, 6.45) is -3.34. The molecule has 0 unspecified atom stereocenters. The van der Waals surface area contributed by atoms with Gasteiger partial charge in [0.15, 0.2) is 5.11 Å². The first kappa shape index (κ1) is 18.9. The van der Waals surface area contributed by atoms with Gasteiger partial charge in [0.05, 0.1) is 5.56 Å². The minimum absolute atomic E-state index is 0.0879. The Kier molecular flexibility index (Phi) is 5.73. The topological polar surface area (TPSA) is 54.0 Å². The number of alkyl halides is 3. The SMILES string of the molecule is CC(C)c1cnc(NC(=S)NC(=O)c2ccccc2)cc1C(F)(F)F. The summed E-state index contributed by atoms with van der Waals surface area (Å²) < 4.78 is 39.6. The second-order valence-electron chi connectivity index (χ2n) is 5.58. The number of aromatic nitrogens is 1. The van der Waals surface area contributed by atoms with E-state index in [1.807, 2.05) is 0 Å². The monoisotopic (exact) mass is 367 g/mol. The Morgan fingerprint density at radius 1 is 1.20 bits per heavy atom. The average molecular weight is 367 g/mol. The number of nitrogens with one attached hydrogen (secondary N) is 2. The first-order chi connectivity index (χ1) is 11.7. The van der Waals surface area contributed by atoms with Crippen LogP contribution in [0.3, 0.4) is 0 Å². The zero-order chi connectivity index (χ0) is 18.6. The maximum Gasteiger partial charge on any atom is 0.416 e. The van der Waals surface area contributed by atoms with Crippen molar-refractivity contribution in [2.24, 2.45) is 0 Å². The van der Waals surface area contributed by atoms with Crippen LogP contribution in [0.5, 0.6) is 0 Å². The van der Waals surface area contributed by atoms with Crippen LogP contribution in [0.15, 0.2) is 42.6 Å². The lowest BCUT2D eigenvalue weighted by Gasteiger charge is -2.17. The number of benzene rings is 1. The van der Waals surface area contributed by atoms with Gasteiger partial charge in [-0.25, -0.2) is 4.98 Å². The molecule has 0 saturated carbocycles. The molecule has 4 nitrogen and oxygen atoms in total. The van der Waals surface area contributed by atoms with E-state index in [0.717, 1.165) is 12.3 Å². The van der Waals surface area contributed by atoms with Crippen LogP contribution >= 0.6 is 12.2 Å². The van der Waals surface area contributed by atoms with Gasteiger partial charge in [-0.3, -0.25) is 10.1 Å². The van der Waals surface area contributed by atoms with Crippen LogP contribution in [0.4, 0.5) is 19.0 Å². The van der Waals surface area contributed by atoms with Gasteiger partial charge in [-0.05, 0) is 41.9 Å². The fourth-order valence-corrected chi connectivity index (χ4v) is 2.35. The number of carbonyl (C=O) groups is 1. The Labute approximate surface area is 148 Å². The fraction of sp³-hybridized carbons (Fsp3) is 0.235. The average Bonchev–Trinajstić information content (AvgIpc) is 2.54. The summed E-state index contributed by atoms with van der Waals surface area (Å²) in [5.74, 6) is -0.883. The van der Waals surface area contributed by atoms with Crippen molar-refractivity contribution < 1.29 is 18.0 Å². The fourth-order valence-electron chi connectivity index (χ4n) is 2.15. The molecule has 0 fully saturated rings. The quantitative estimate of drug-likeness (QED) is 0.792. The number of pyridine rings is 1. The highest BCUT2D eigenvalue weighted by atomic mass is 32.1. The second-order valence-corrected chi connectivity index (χ2v) is 5.99. The molecular formula is C17H16F3N3OS. The number of thiocarbonyl (C=S) groups is 1. The van der Waals surface area contributed by atoms with E-state index in [2.05, 4.69) is 15.6 Å². The van der Waals surface area contributed by atoms with Gasteiger partial charge in [0, 0.05) is 11.8 Å². The number of nitrogens with zero attached hydrogens (tertiary/aromatic N) is 1. The molecule has 1 heterocycles. The smallest absolute Gasteiger partial charge is 0.317 e. The molecule has 0 aliphatic heterocycles. The molecule has 2 rings (SSSR count). The van der Waals surface area contributed by atoms with E-state index in [1.54, 1.807) is 44.2 Å². The number of amides is 1. The summed E-state index contributed by atoms with van der Waals surface area (Å²) in [4.78, 5) is 15.9. The van der Waals surface area contributed by atoms with Crippen molar-refractivity contribution in [3.05, 3.63) is 59.3 Å². The first-order valence-corrected chi connectivity index (χ1v) is 7.84. The van der Waals surface area contributed by atoms with Crippen molar-refractivity contribution >= 4 is 29.1 Å². The second kappa shape index (κ2) is 7.60. The predicted octanol–water partition coefficient (Wildman–Crippen LogP) is 4.35. The van der Waals surface area contributed by atoms with Gasteiger partial charge < -0.3 is 5.32 Å². The summed E-state index contributed by atoms with van der Waals surface area (Å²) in [5, 5.41) is 4.78. The van der Waals surface area contributed by atoms with Crippen LogP contribution in [0.25, 0.3) is 0 Å². The summed E-state index contributed by atoms with van der Waals surface area (Å²) >= 11 is 4.97. The molecule has 2 N–H and O–H groups in total. The highest BCUT2D eigenvalue weighted by Gasteiger charge is 2.34. The molecule has 132 valence electrons. The van der Waals surface area contributed by atoms with Crippen LogP contribution in [0.2, 0.25) is 0 Å². The van der Waals surface area contributed by atoms with Gasteiger partial charge >= 0.3 is 6.18 Å². The molecule has 1 aromatic carbocycles. The van der Waals surface area contributed by atoms with Crippen molar-refractivity contribution in [1.29, 1.82) is 0 Å². The van der Waals surface area contributed by atoms with Crippen LogP contribution in [0, 0.1) is 0 Å². The Balaban J connectivity index is 2.14. The summed E-state index contributed by atoms with van der Waals surface area (Å²) in [6, 6.07) is 9.20. The Bertz CT molecular complexity index is 776. The number of carbonyl (C=O) groups excluding carboxylic acids is 1. The minimum atomic E-state index is -4.51. The van der Waals surface area contributed by atoms with Crippen molar-refractivity contribution in [3.8, 4) is 0 Å². The third-order valence-corrected chi connectivity index (χ3v) is 3.57. The molecule has 0 bridgehead atoms. The van der Waals surface area contributed by atoms with Gasteiger partial charge in [0.25, 0.3) is 5.91 Å². The lowest BCUT2D eigenvalue weighted by Crippen LogP contribution is -2.34. The molecular weight excluding hydrogens is 351 g/mol. The predicted molar refractivity (Wildman–Crippen MR) is 93.5 cm³/mol. The van der Waals surface area contributed by atoms with Crippen LogP contribution < -0.4 is 10.6 Å². The zero-order valence-electron chi connectivity index (χ0n) is 13.5. The maximum absolute atomic E-state index is 13.2. The molecule has 1 aromatic heterocycles. The maximum atomic E-state index is 13.2. The Morgan fingerprint density at radius 3 is 2.40 bits per heavy atom. The molecule has 0 radical (unpaired) electrons. The van der Waals surface area contributed by atoms with Crippen LogP contribution in [-0.2, 0) is 6.18 Å². The van der Waals surface area contributed by atoms with Gasteiger partial charge in [0.2, 0.25) is 0 Å². The Morgan fingerprint density at radius 2 is 1.84 bits per heavy atom. The molecule has 1 amide bonds. The van der Waals surface area contributed by atoms with Gasteiger partial charge in [-0.2, -0.15) is 13.2 Å². The summed E-state index contributed by atoms with van der Waals surface area (Å²) in [7, 11) is 0. The van der Waals surface area contributed by atoms with E-state index < -0.39 is 17.6 Å². The van der Waals surface area contributed by atoms with Gasteiger partial charge in [-0.1, -0.05) is 32.0 Å². The number of halogens is 3. The number of anilines is 1. The van der Waals surface area contributed by atoms with E-state index in [9.17, 15) is 18.0 Å². The van der Waals surface area contributed by atoms with Crippen molar-refractivity contribution in [3.63, 3.8) is 0 Å². The van der Waals surface area contributed by atoms with Gasteiger partial charge in [-0.15, -0.1) is 0 Å². The number of hydrogen-bond acceptors (Lipinski definition) is 3. The number of rotatable bonds is 3. The Hall–Kier alpha value is -2.48. The number of hydrogen-bond donors (Lipinski definition) is 2. The van der Waals surface area contributed by atoms with E-state index in [1.165, 1.54) is 0 Å². The van der Waals surface area contributed by atoms with E-state index >= 15 is 0 Å². The molecule has 2 aromatic rings. The standard InChI is InChI=1S/C17H16F3N3OS/c1-10(2)12-9-21-14(8-13(12)17(18,19)20)22-16(25)23-15(24)11-6-4-3-5-7-11/h3-10H,1-2H3,(H2,21,22,23,24,25). The lowest BCUT2D eigenvalue weighted by molar-refractivity contribution is -0.138. The van der Waals surface area contributed by atoms with E-state index in [4.69, 9.17) is 12.2 Å². The van der Waals surface area contributed by atoms with Crippen LogP contribution in [0.1, 0.15) is 41.3 Å². The lowest BCUT2D eigenvalue weighted by atomic mass is 9.99. The molecule has 0 spiro atoms. The summed E-state index contributed by atoms with van der Waals surface area (Å²) in [5.41, 5.74) is -0.305. The van der Waals surface area contributed by atoms with Gasteiger partial charge in [0.1, 0.15) is 5.82 Å². The molecule has 0 aliphatic carbocycles. The van der Waals surface area contributed by atoms with E-state index in [-0.39, 0.29) is 22.4 Å².